The molecule has 114 valence electrons. The summed E-state index contributed by atoms with van der Waals surface area (Å²) in [5.41, 5.74) is 0.263. The lowest BCUT2D eigenvalue weighted by atomic mass is 9.50. The molecule has 0 radical (unpaired) electrons. The van der Waals surface area contributed by atoms with E-state index in [1.807, 2.05) is 14.0 Å². The molecule has 2 atom stereocenters. The molecule has 1 N–H and O–H groups in total. The molecule has 5 heteroatoms. The van der Waals surface area contributed by atoms with Gasteiger partial charge in [0, 0.05) is 31.3 Å². The van der Waals surface area contributed by atoms with Gasteiger partial charge in [-0.3, -0.25) is 4.79 Å². The number of aromatic nitrogens is 1. The number of carbonyl (C=O) groups is 1. The van der Waals surface area contributed by atoms with Crippen LogP contribution in [0.15, 0.2) is 18.3 Å². The van der Waals surface area contributed by atoms with Crippen molar-refractivity contribution in [1.29, 1.82) is 0 Å². The summed E-state index contributed by atoms with van der Waals surface area (Å²) in [5.74, 6) is -0.267. The smallest absolute Gasteiger partial charge is 0.276 e. The monoisotopic (exact) mass is 290 g/mol. The van der Waals surface area contributed by atoms with Crippen LogP contribution in [0.5, 0.6) is 5.75 Å². The molecule has 1 aromatic heterocycles. The van der Waals surface area contributed by atoms with Gasteiger partial charge in [0.25, 0.3) is 5.91 Å². The zero-order valence-electron chi connectivity index (χ0n) is 12.6. The van der Waals surface area contributed by atoms with Gasteiger partial charge in [-0.15, -0.1) is 0 Å². The molecule has 0 bridgehead atoms. The third-order valence-electron chi connectivity index (χ3n) is 5.17. The summed E-state index contributed by atoms with van der Waals surface area (Å²) in [4.78, 5) is 18.3. The SMILES string of the molecule is CCO[C@H]1C[C@@H](N(C)C(=O)c2ncccc2O)C12CCC2. The Morgan fingerprint density at radius 2 is 2.33 bits per heavy atom. The fourth-order valence-electron chi connectivity index (χ4n) is 3.82. The van der Waals surface area contributed by atoms with E-state index >= 15 is 0 Å². The van der Waals surface area contributed by atoms with Gasteiger partial charge in [0.05, 0.1) is 6.10 Å². The molecule has 1 heterocycles. The summed E-state index contributed by atoms with van der Waals surface area (Å²) in [7, 11) is 1.81. The molecule has 2 aliphatic rings. The van der Waals surface area contributed by atoms with Crippen LogP contribution < -0.4 is 0 Å². The van der Waals surface area contributed by atoms with E-state index in [-0.39, 0.29) is 34.9 Å². The maximum Gasteiger partial charge on any atom is 0.276 e. The van der Waals surface area contributed by atoms with E-state index < -0.39 is 0 Å². The van der Waals surface area contributed by atoms with Crippen LogP contribution in [0.4, 0.5) is 0 Å². The van der Waals surface area contributed by atoms with Gasteiger partial charge < -0.3 is 14.7 Å². The number of ether oxygens (including phenoxy) is 1. The second-order valence-corrected chi connectivity index (χ2v) is 6.07. The Morgan fingerprint density at radius 1 is 1.57 bits per heavy atom. The third kappa shape index (κ3) is 2.11. The van der Waals surface area contributed by atoms with Gasteiger partial charge in [-0.25, -0.2) is 4.98 Å². The van der Waals surface area contributed by atoms with Crippen molar-refractivity contribution in [2.75, 3.05) is 13.7 Å². The summed E-state index contributed by atoms with van der Waals surface area (Å²) in [6.07, 6.45) is 6.13. The normalized spacial score (nSPS) is 26.0. The van der Waals surface area contributed by atoms with E-state index in [9.17, 15) is 9.90 Å². The largest absolute Gasteiger partial charge is 0.505 e. The topological polar surface area (TPSA) is 62.7 Å². The van der Waals surface area contributed by atoms with Gasteiger partial charge in [0.2, 0.25) is 0 Å². The number of aromatic hydroxyl groups is 1. The van der Waals surface area contributed by atoms with Gasteiger partial charge >= 0.3 is 0 Å². The van der Waals surface area contributed by atoms with Crippen LogP contribution in [0.25, 0.3) is 0 Å². The molecule has 1 amide bonds. The number of nitrogens with zero attached hydrogens (tertiary/aromatic N) is 2. The van der Waals surface area contributed by atoms with Crippen LogP contribution in [-0.2, 0) is 4.74 Å². The van der Waals surface area contributed by atoms with Gasteiger partial charge in [0.15, 0.2) is 5.69 Å². The predicted molar refractivity (Wildman–Crippen MR) is 78.1 cm³/mol. The minimum absolute atomic E-state index is 0.0577. The summed E-state index contributed by atoms with van der Waals surface area (Å²) < 4.78 is 5.82. The van der Waals surface area contributed by atoms with Crippen LogP contribution in [-0.4, -0.2) is 46.7 Å². The fourth-order valence-corrected chi connectivity index (χ4v) is 3.82. The van der Waals surface area contributed by atoms with Crippen molar-refractivity contribution in [3.05, 3.63) is 24.0 Å². The first-order valence-corrected chi connectivity index (χ1v) is 7.63. The zero-order chi connectivity index (χ0) is 15.0. The summed E-state index contributed by atoms with van der Waals surface area (Å²) >= 11 is 0. The molecule has 2 saturated carbocycles. The van der Waals surface area contributed by atoms with E-state index in [0.717, 1.165) is 25.9 Å². The van der Waals surface area contributed by atoms with Crippen LogP contribution in [0, 0.1) is 5.41 Å². The van der Waals surface area contributed by atoms with Crippen molar-refractivity contribution in [1.82, 2.24) is 9.88 Å². The minimum atomic E-state index is -0.209. The van der Waals surface area contributed by atoms with E-state index in [1.54, 1.807) is 11.0 Å². The van der Waals surface area contributed by atoms with Crippen molar-refractivity contribution >= 4 is 5.91 Å². The van der Waals surface area contributed by atoms with Crippen LogP contribution in [0.2, 0.25) is 0 Å². The summed E-state index contributed by atoms with van der Waals surface area (Å²) in [6, 6.07) is 3.31. The Bertz CT molecular complexity index is 542. The summed E-state index contributed by atoms with van der Waals surface area (Å²) in [5, 5.41) is 9.81. The second kappa shape index (κ2) is 5.30. The first-order chi connectivity index (χ1) is 10.1. The molecule has 0 unspecified atom stereocenters. The Kier molecular flexibility index (Phi) is 3.61. The Balaban J connectivity index is 1.76. The minimum Gasteiger partial charge on any atom is -0.505 e. The maximum absolute atomic E-state index is 12.6. The lowest BCUT2D eigenvalue weighted by molar-refractivity contribution is -0.192. The van der Waals surface area contributed by atoms with E-state index in [0.29, 0.717) is 0 Å². The lowest BCUT2D eigenvalue weighted by Crippen LogP contribution is -2.67. The molecule has 21 heavy (non-hydrogen) atoms. The molecule has 0 aliphatic heterocycles. The van der Waals surface area contributed by atoms with Gasteiger partial charge in [-0.05, 0) is 38.3 Å². The predicted octanol–water partition coefficient (Wildman–Crippen LogP) is 2.21. The molecule has 3 rings (SSSR count). The molecule has 2 fully saturated rings. The molecule has 2 aliphatic carbocycles. The highest BCUT2D eigenvalue weighted by molar-refractivity contribution is 5.95. The first kappa shape index (κ1) is 14.3. The third-order valence-corrected chi connectivity index (χ3v) is 5.17. The molecule has 1 aromatic rings. The standard InChI is InChI=1S/C16H22N2O3/c1-3-21-13-10-12(16(13)7-5-8-16)18(2)15(20)14-11(19)6-4-9-17-14/h4,6,9,12-13,19H,3,5,7-8,10H2,1-2H3/t12-,13+/m1/s1. The number of carbonyl (C=O) groups excluding carboxylic acids is 1. The van der Waals surface area contributed by atoms with Crippen LogP contribution >= 0.6 is 0 Å². The van der Waals surface area contributed by atoms with Gasteiger partial charge in [0.1, 0.15) is 5.75 Å². The van der Waals surface area contributed by atoms with E-state index in [1.165, 1.54) is 18.7 Å². The Labute approximate surface area is 124 Å². The second-order valence-electron chi connectivity index (χ2n) is 6.07. The van der Waals surface area contributed by atoms with Crippen molar-refractivity contribution in [2.24, 2.45) is 5.41 Å². The molecular formula is C16H22N2O3. The van der Waals surface area contributed by atoms with Crippen LogP contribution in [0.1, 0.15) is 43.1 Å². The summed E-state index contributed by atoms with van der Waals surface area (Å²) in [6.45, 7) is 2.73. The Morgan fingerprint density at radius 3 is 2.90 bits per heavy atom. The molecular weight excluding hydrogens is 268 g/mol. The van der Waals surface area contributed by atoms with Crippen LogP contribution in [0.3, 0.4) is 0 Å². The number of amides is 1. The quantitative estimate of drug-likeness (QED) is 0.923. The van der Waals surface area contributed by atoms with Crippen molar-refractivity contribution in [3.8, 4) is 5.75 Å². The number of hydrogen-bond donors (Lipinski definition) is 1. The number of rotatable bonds is 4. The number of pyridine rings is 1. The Hall–Kier alpha value is -1.62. The highest BCUT2D eigenvalue weighted by Gasteiger charge is 2.61. The van der Waals surface area contributed by atoms with Crippen molar-refractivity contribution in [3.63, 3.8) is 0 Å². The first-order valence-electron chi connectivity index (χ1n) is 7.63. The van der Waals surface area contributed by atoms with Gasteiger partial charge in [-0.1, -0.05) is 6.42 Å². The highest BCUT2D eigenvalue weighted by Crippen LogP contribution is 2.59. The van der Waals surface area contributed by atoms with E-state index in [4.69, 9.17) is 4.74 Å². The molecule has 0 saturated heterocycles. The lowest BCUT2D eigenvalue weighted by Gasteiger charge is -2.63. The molecule has 5 nitrogen and oxygen atoms in total. The van der Waals surface area contributed by atoms with E-state index in [2.05, 4.69) is 4.98 Å². The van der Waals surface area contributed by atoms with Gasteiger partial charge in [-0.2, -0.15) is 0 Å². The van der Waals surface area contributed by atoms with Crippen molar-refractivity contribution in [2.45, 2.75) is 44.8 Å². The maximum atomic E-state index is 12.6. The van der Waals surface area contributed by atoms with Crippen molar-refractivity contribution < 1.29 is 14.6 Å². The molecule has 1 spiro atoms. The highest BCUT2D eigenvalue weighted by atomic mass is 16.5. The average Bonchev–Trinajstić information content (AvgIpc) is 2.40. The average molecular weight is 290 g/mol. The zero-order valence-corrected chi connectivity index (χ0v) is 12.6. The number of hydrogen-bond acceptors (Lipinski definition) is 4. The fraction of sp³-hybridized carbons (Fsp3) is 0.625. The molecule has 0 aromatic carbocycles.